The van der Waals surface area contributed by atoms with Crippen LogP contribution in [0.3, 0.4) is 0 Å². The number of hydrogen-bond donors (Lipinski definition) is 1. The van der Waals surface area contributed by atoms with E-state index >= 15 is 0 Å². The first kappa shape index (κ1) is 38.0. The van der Waals surface area contributed by atoms with E-state index in [0.717, 1.165) is 6.42 Å². The lowest BCUT2D eigenvalue weighted by Crippen LogP contribution is -2.56. The third-order valence-corrected chi connectivity index (χ3v) is 8.02. The van der Waals surface area contributed by atoms with Crippen LogP contribution in [0.4, 0.5) is 0 Å². The van der Waals surface area contributed by atoms with Gasteiger partial charge >= 0.3 is 29.8 Å². The molecular weight excluding hydrogens is 588 g/mol. The van der Waals surface area contributed by atoms with Gasteiger partial charge in [-0.25, -0.2) is 4.79 Å². The van der Waals surface area contributed by atoms with Crippen LogP contribution in [0.1, 0.15) is 94.4 Å². The van der Waals surface area contributed by atoms with Crippen molar-refractivity contribution in [3.8, 4) is 0 Å². The number of esters is 5. The van der Waals surface area contributed by atoms with E-state index in [2.05, 4.69) is 0 Å². The standard InChI is InChI=1S/C33H52O12/c1-10-21(8)13-28(37)45-32-29-24(23(16-41-32)15-40-26(35)11-18(2)3)14-25(43-22(9)34)33(29,39)17-42-31(38)30(20(6)7)44-27(36)12-19(4)5/h16,18-21,24-25,29-30,32,39H,10-15,17H2,1-9H3/t21?,24-,25+,29-,30?,32+,33-/m1/s1. The molecule has 0 aromatic carbocycles. The Hall–Kier alpha value is -3.15. The first-order chi connectivity index (χ1) is 21.0. The molecule has 2 unspecified atom stereocenters. The Balaban J connectivity index is 2.41. The van der Waals surface area contributed by atoms with Gasteiger partial charge in [0.05, 0.1) is 12.2 Å². The Kier molecular flexibility index (Phi) is 14.3. The summed E-state index contributed by atoms with van der Waals surface area (Å²) in [6, 6.07) is 0. The van der Waals surface area contributed by atoms with Crippen molar-refractivity contribution < 1.29 is 57.5 Å². The third kappa shape index (κ3) is 11.0. The van der Waals surface area contributed by atoms with Crippen molar-refractivity contribution in [2.45, 2.75) is 119 Å². The zero-order chi connectivity index (χ0) is 34.1. The zero-order valence-corrected chi connectivity index (χ0v) is 28.2. The molecular formula is C33H52O12. The van der Waals surface area contributed by atoms with Gasteiger partial charge in [-0.2, -0.15) is 0 Å². The van der Waals surface area contributed by atoms with Crippen molar-refractivity contribution in [1.29, 1.82) is 0 Å². The predicted octanol–water partition coefficient (Wildman–Crippen LogP) is 4.25. The maximum Gasteiger partial charge on any atom is 0.347 e. The number of carbonyl (C=O) groups excluding carboxylic acids is 5. The maximum absolute atomic E-state index is 13.2. The van der Waals surface area contributed by atoms with Crippen LogP contribution in [0, 0.1) is 35.5 Å². The normalized spacial score (nSPS) is 25.5. The van der Waals surface area contributed by atoms with Crippen molar-refractivity contribution >= 4 is 29.8 Å². The van der Waals surface area contributed by atoms with E-state index in [1.54, 1.807) is 13.8 Å². The maximum atomic E-state index is 13.2. The zero-order valence-electron chi connectivity index (χ0n) is 28.2. The highest BCUT2D eigenvalue weighted by Crippen LogP contribution is 2.51. The molecule has 2 rings (SSSR count). The first-order valence-electron chi connectivity index (χ1n) is 15.9. The Morgan fingerprint density at radius 2 is 1.53 bits per heavy atom. The second-order valence-corrected chi connectivity index (χ2v) is 13.5. The molecule has 256 valence electrons. The number of ether oxygens (including phenoxy) is 6. The Morgan fingerprint density at radius 3 is 2.09 bits per heavy atom. The Labute approximate surface area is 266 Å². The van der Waals surface area contributed by atoms with Crippen LogP contribution >= 0.6 is 0 Å². The molecule has 12 heteroatoms. The summed E-state index contributed by atoms with van der Waals surface area (Å²) in [4.78, 5) is 62.9. The number of aliphatic hydroxyl groups is 1. The van der Waals surface area contributed by atoms with Crippen LogP contribution in [-0.2, 0) is 52.4 Å². The fraction of sp³-hybridized carbons (Fsp3) is 0.788. The van der Waals surface area contributed by atoms with Gasteiger partial charge in [-0.05, 0) is 24.2 Å². The lowest BCUT2D eigenvalue weighted by atomic mass is 9.80. The van der Waals surface area contributed by atoms with Crippen molar-refractivity contribution in [2.75, 3.05) is 13.2 Å². The van der Waals surface area contributed by atoms with Gasteiger partial charge in [0.1, 0.15) is 24.9 Å². The van der Waals surface area contributed by atoms with Gasteiger partial charge in [-0.1, -0.05) is 61.8 Å². The molecule has 1 aliphatic heterocycles. The van der Waals surface area contributed by atoms with Gasteiger partial charge in [0.2, 0.25) is 12.4 Å². The van der Waals surface area contributed by atoms with Gasteiger partial charge in [0, 0.05) is 43.6 Å². The number of hydrogen-bond acceptors (Lipinski definition) is 12. The van der Waals surface area contributed by atoms with E-state index in [1.165, 1.54) is 13.2 Å². The van der Waals surface area contributed by atoms with Crippen LogP contribution in [0.5, 0.6) is 0 Å². The monoisotopic (exact) mass is 640 g/mol. The summed E-state index contributed by atoms with van der Waals surface area (Å²) in [5, 5.41) is 12.2. The van der Waals surface area contributed by atoms with Crippen molar-refractivity contribution in [3.63, 3.8) is 0 Å². The van der Waals surface area contributed by atoms with E-state index < -0.39 is 78.3 Å². The van der Waals surface area contributed by atoms with Crippen LogP contribution in [-0.4, -0.2) is 72.3 Å². The topological polar surface area (TPSA) is 161 Å². The van der Waals surface area contributed by atoms with Crippen LogP contribution in [0.25, 0.3) is 0 Å². The summed E-state index contributed by atoms with van der Waals surface area (Å²) in [5.41, 5.74) is -1.61. The highest BCUT2D eigenvalue weighted by molar-refractivity contribution is 5.79. The van der Waals surface area contributed by atoms with Crippen molar-refractivity contribution in [2.24, 2.45) is 35.5 Å². The van der Waals surface area contributed by atoms with Gasteiger partial charge in [-0.15, -0.1) is 0 Å². The molecule has 0 aromatic heterocycles. The molecule has 2 aliphatic rings. The van der Waals surface area contributed by atoms with Crippen LogP contribution in [0.2, 0.25) is 0 Å². The lowest BCUT2D eigenvalue weighted by Gasteiger charge is -2.40. The van der Waals surface area contributed by atoms with E-state index in [-0.39, 0.29) is 50.0 Å². The second-order valence-electron chi connectivity index (χ2n) is 13.5. The SMILES string of the molecule is CCC(C)CC(=O)O[C@@H]1OC=C(COC(=O)CC(C)C)[C@H]2C[C@H](OC(C)=O)[C@](O)(COC(=O)C(OC(=O)CC(C)C)C(C)C)[C@@H]12. The van der Waals surface area contributed by atoms with Crippen LogP contribution < -0.4 is 0 Å². The molecule has 0 saturated heterocycles. The Morgan fingerprint density at radius 1 is 0.911 bits per heavy atom. The molecule has 1 saturated carbocycles. The fourth-order valence-electron chi connectivity index (χ4n) is 5.47. The number of fused-ring (bicyclic) bond motifs is 1. The molecule has 1 N–H and O–H groups in total. The van der Waals surface area contributed by atoms with E-state index in [0.29, 0.717) is 5.57 Å². The fourth-order valence-corrected chi connectivity index (χ4v) is 5.47. The average molecular weight is 641 g/mol. The minimum absolute atomic E-state index is 0.0140. The minimum Gasteiger partial charge on any atom is -0.462 e. The summed E-state index contributed by atoms with van der Waals surface area (Å²) in [5.74, 6) is -5.13. The van der Waals surface area contributed by atoms with E-state index in [9.17, 15) is 29.1 Å². The van der Waals surface area contributed by atoms with Crippen molar-refractivity contribution in [3.05, 3.63) is 11.8 Å². The lowest BCUT2D eigenvalue weighted by molar-refractivity contribution is -0.227. The third-order valence-electron chi connectivity index (χ3n) is 8.02. The van der Waals surface area contributed by atoms with Crippen molar-refractivity contribution in [1.82, 2.24) is 0 Å². The van der Waals surface area contributed by atoms with Gasteiger partial charge < -0.3 is 33.5 Å². The summed E-state index contributed by atoms with van der Waals surface area (Å²) in [7, 11) is 0. The number of rotatable bonds is 16. The summed E-state index contributed by atoms with van der Waals surface area (Å²) in [6.45, 7) is 15.0. The highest BCUT2D eigenvalue weighted by Gasteiger charge is 2.63. The van der Waals surface area contributed by atoms with Gasteiger partial charge in [0.25, 0.3) is 0 Å². The predicted molar refractivity (Wildman–Crippen MR) is 161 cm³/mol. The molecule has 12 nitrogen and oxygen atoms in total. The summed E-state index contributed by atoms with van der Waals surface area (Å²) in [6.07, 6.45) is -1.22. The molecule has 0 bridgehead atoms. The molecule has 45 heavy (non-hydrogen) atoms. The molecule has 1 fully saturated rings. The molecule has 1 heterocycles. The molecule has 0 aromatic rings. The second kappa shape index (κ2) is 17.0. The van der Waals surface area contributed by atoms with E-state index in [1.807, 2.05) is 41.5 Å². The quantitative estimate of drug-likeness (QED) is 0.189. The molecule has 0 radical (unpaired) electrons. The Bertz CT molecular complexity index is 1080. The van der Waals surface area contributed by atoms with Crippen LogP contribution in [0.15, 0.2) is 11.8 Å². The van der Waals surface area contributed by atoms with Gasteiger partial charge in [0.15, 0.2) is 0 Å². The largest absolute Gasteiger partial charge is 0.462 e. The number of carbonyl (C=O) groups is 5. The average Bonchev–Trinajstić information content (AvgIpc) is 3.20. The first-order valence-corrected chi connectivity index (χ1v) is 15.9. The molecule has 1 aliphatic carbocycles. The minimum atomic E-state index is -2.09. The highest BCUT2D eigenvalue weighted by atomic mass is 16.7. The molecule has 0 amide bonds. The molecule has 7 atom stereocenters. The van der Waals surface area contributed by atoms with E-state index in [4.69, 9.17) is 28.4 Å². The smallest absolute Gasteiger partial charge is 0.347 e. The molecule has 0 spiro atoms. The summed E-state index contributed by atoms with van der Waals surface area (Å²) < 4.78 is 33.5. The summed E-state index contributed by atoms with van der Waals surface area (Å²) >= 11 is 0. The van der Waals surface area contributed by atoms with Gasteiger partial charge in [-0.3, -0.25) is 19.2 Å².